The van der Waals surface area contributed by atoms with Gasteiger partial charge in [-0.2, -0.15) is 0 Å². The maximum absolute atomic E-state index is 12.4. The van der Waals surface area contributed by atoms with E-state index in [1.165, 1.54) is 5.56 Å². The van der Waals surface area contributed by atoms with Crippen molar-refractivity contribution >= 4 is 17.6 Å². The Labute approximate surface area is 148 Å². The van der Waals surface area contributed by atoms with Gasteiger partial charge < -0.3 is 9.64 Å². The standard InChI is InChI=1S/C21H23NO3/c1-4-16-6-8-18(9-7-16)22-13-17(12-20(22)23)21(24)25-19-10-5-14(2)15(3)11-19/h5-11,17H,4,12-13H2,1-3H3/t17-/m1/s1. The van der Waals surface area contributed by atoms with E-state index in [4.69, 9.17) is 4.74 Å². The molecule has 1 saturated heterocycles. The monoisotopic (exact) mass is 337 g/mol. The largest absolute Gasteiger partial charge is 0.426 e. The van der Waals surface area contributed by atoms with E-state index in [9.17, 15) is 9.59 Å². The van der Waals surface area contributed by atoms with E-state index in [1.54, 1.807) is 11.0 Å². The summed E-state index contributed by atoms with van der Waals surface area (Å²) in [6, 6.07) is 13.5. The summed E-state index contributed by atoms with van der Waals surface area (Å²) in [5, 5.41) is 0. The Morgan fingerprint density at radius 1 is 1.12 bits per heavy atom. The van der Waals surface area contributed by atoms with Crippen molar-refractivity contribution in [2.75, 3.05) is 11.4 Å². The van der Waals surface area contributed by atoms with Crippen molar-refractivity contribution in [2.24, 2.45) is 5.92 Å². The molecule has 0 spiro atoms. The quantitative estimate of drug-likeness (QED) is 0.629. The van der Waals surface area contributed by atoms with Gasteiger partial charge in [-0.15, -0.1) is 0 Å². The first kappa shape index (κ1) is 17.2. The second-order valence-electron chi connectivity index (χ2n) is 6.59. The molecular weight excluding hydrogens is 314 g/mol. The zero-order valence-corrected chi connectivity index (χ0v) is 14.9. The summed E-state index contributed by atoms with van der Waals surface area (Å²) in [6.07, 6.45) is 1.15. The summed E-state index contributed by atoms with van der Waals surface area (Å²) in [4.78, 5) is 26.4. The number of rotatable bonds is 4. The van der Waals surface area contributed by atoms with E-state index in [-0.39, 0.29) is 18.3 Å². The van der Waals surface area contributed by atoms with Gasteiger partial charge in [-0.3, -0.25) is 9.59 Å². The highest BCUT2D eigenvalue weighted by Gasteiger charge is 2.36. The first-order valence-corrected chi connectivity index (χ1v) is 8.66. The zero-order valence-electron chi connectivity index (χ0n) is 14.9. The summed E-state index contributed by atoms with van der Waals surface area (Å²) in [7, 11) is 0. The number of aryl methyl sites for hydroxylation is 3. The van der Waals surface area contributed by atoms with Crippen LogP contribution in [0, 0.1) is 19.8 Å². The highest BCUT2D eigenvalue weighted by Crippen LogP contribution is 2.27. The molecule has 25 heavy (non-hydrogen) atoms. The molecule has 1 aliphatic rings. The van der Waals surface area contributed by atoms with Crippen LogP contribution < -0.4 is 9.64 Å². The van der Waals surface area contributed by atoms with E-state index < -0.39 is 5.92 Å². The predicted molar refractivity (Wildman–Crippen MR) is 97.8 cm³/mol. The van der Waals surface area contributed by atoms with Crippen LogP contribution in [0.15, 0.2) is 42.5 Å². The third-order valence-electron chi connectivity index (χ3n) is 4.81. The molecule has 1 atom stereocenters. The molecular formula is C21H23NO3. The predicted octanol–water partition coefficient (Wildman–Crippen LogP) is 3.82. The average molecular weight is 337 g/mol. The van der Waals surface area contributed by atoms with Crippen LogP contribution in [0.3, 0.4) is 0 Å². The van der Waals surface area contributed by atoms with Gasteiger partial charge in [0.15, 0.2) is 0 Å². The van der Waals surface area contributed by atoms with E-state index in [0.717, 1.165) is 23.2 Å². The topological polar surface area (TPSA) is 46.6 Å². The first-order valence-electron chi connectivity index (χ1n) is 8.66. The Hall–Kier alpha value is -2.62. The van der Waals surface area contributed by atoms with Gasteiger partial charge in [0, 0.05) is 18.7 Å². The highest BCUT2D eigenvalue weighted by atomic mass is 16.5. The normalized spacial score (nSPS) is 17.0. The summed E-state index contributed by atoms with van der Waals surface area (Å²) >= 11 is 0. The van der Waals surface area contributed by atoms with Gasteiger partial charge in [0.2, 0.25) is 5.91 Å². The molecule has 3 rings (SSSR count). The van der Waals surface area contributed by atoms with Crippen molar-refractivity contribution < 1.29 is 14.3 Å². The fourth-order valence-electron chi connectivity index (χ4n) is 3.00. The van der Waals surface area contributed by atoms with Gasteiger partial charge in [-0.05, 0) is 61.2 Å². The SMILES string of the molecule is CCc1ccc(N2C[C@H](C(=O)Oc3ccc(C)c(C)c3)CC2=O)cc1. The maximum Gasteiger partial charge on any atom is 0.316 e. The van der Waals surface area contributed by atoms with Crippen LogP contribution in [-0.4, -0.2) is 18.4 Å². The lowest BCUT2D eigenvalue weighted by Crippen LogP contribution is -2.27. The molecule has 1 fully saturated rings. The fraction of sp³-hybridized carbons (Fsp3) is 0.333. The van der Waals surface area contributed by atoms with Crippen molar-refractivity contribution in [3.63, 3.8) is 0 Å². The number of carbonyl (C=O) groups excluding carboxylic acids is 2. The third kappa shape index (κ3) is 3.73. The molecule has 0 unspecified atom stereocenters. The summed E-state index contributed by atoms with van der Waals surface area (Å²) < 4.78 is 5.49. The molecule has 0 aromatic heterocycles. The van der Waals surface area contributed by atoms with Crippen LogP contribution in [0.2, 0.25) is 0 Å². The number of esters is 1. The second-order valence-corrected chi connectivity index (χ2v) is 6.59. The molecule has 1 heterocycles. The number of benzene rings is 2. The van der Waals surface area contributed by atoms with Crippen molar-refractivity contribution in [1.82, 2.24) is 0 Å². The van der Waals surface area contributed by atoms with Gasteiger partial charge in [0.25, 0.3) is 0 Å². The van der Waals surface area contributed by atoms with Gasteiger partial charge in [-0.25, -0.2) is 0 Å². The molecule has 0 radical (unpaired) electrons. The maximum atomic E-state index is 12.4. The molecule has 4 nitrogen and oxygen atoms in total. The Morgan fingerprint density at radius 3 is 2.48 bits per heavy atom. The van der Waals surface area contributed by atoms with Crippen LogP contribution in [0.25, 0.3) is 0 Å². The number of carbonyl (C=O) groups is 2. The third-order valence-corrected chi connectivity index (χ3v) is 4.81. The van der Waals surface area contributed by atoms with Gasteiger partial charge >= 0.3 is 5.97 Å². The van der Waals surface area contributed by atoms with Crippen molar-refractivity contribution in [1.29, 1.82) is 0 Å². The minimum absolute atomic E-state index is 0.0358. The molecule has 2 aromatic carbocycles. The molecule has 0 aliphatic carbocycles. The molecule has 0 bridgehead atoms. The highest BCUT2D eigenvalue weighted by molar-refractivity contribution is 5.99. The number of hydrogen-bond donors (Lipinski definition) is 0. The lowest BCUT2D eigenvalue weighted by molar-refractivity contribution is -0.139. The van der Waals surface area contributed by atoms with E-state index in [0.29, 0.717) is 12.3 Å². The summed E-state index contributed by atoms with van der Waals surface area (Å²) in [5.41, 5.74) is 4.28. The number of anilines is 1. The minimum Gasteiger partial charge on any atom is -0.426 e. The lowest BCUT2D eigenvalue weighted by Gasteiger charge is -2.17. The molecule has 0 N–H and O–H groups in total. The molecule has 4 heteroatoms. The number of ether oxygens (including phenoxy) is 1. The number of hydrogen-bond acceptors (Lipinski definition) is 3. The van der Waals surface area contributed by atoms with Crippen molar-refractivity contribution in [3.8, 4) is 5.75 Å². The van der Waals surface area contributed by atoms with Crippen molar-refractivity contribution in [2.45, 2.75) is 33.6 Å². The summed E-state index contributed by atoms with van der Waals surface area (Å²) in [5.74, 6) is -0.276. The number of nitrogens with zero attached hydrogens (tertiary/aromatic N) is 1. The second kappa shape index (κ2) is 7.09. The lowest BCUT2D eigenvalue weighted by atomic mass is 10.1. The molecule has 2 aromatic rings. The summed E-state index contributed by atoms with van der Waals surface area (Å²) in [6.45, 7) is 6.45. The van der Waals surface area contributed by atoms with E-state index >= 15 is 0 Å². The van der Waals surface area contributed by atoms with Crippen LogP contribution in [-0.2, 0) is 16.0 Å². The Bertz CT molecular complexity index is 795. The molecule has 0 saturated carbocycles. The first-order chi connectivity index (χ1) is 12.0. The fourth-order valence-corrected chi connectivity index (χ4v) is 3.00. The van der Waals surface area contributed by atoms with Crippen LogP contribution in [0.5, 0.6) is 5.75 Å². The smallest absolute Gasteiger partial charge is 0.316 e. The van der Waals surface area contributed by atoms with E-state index in [1.807, 2.05) is 50.2 Å². The molecule has 130 valence electrons. The van der Waals surface area contributed by atoms with Gasteiger partial charge in [-0.1, -0.05) is 25.1 Å². The average Bonchev–Trinajstić information content (AvgIpc) is 3.00. The van der Waals surface area contributed by atoms with Gasteiger partial charge in [0.1, 0.15) is 5.75 Å². The van der Waals surface area contributed by atoms with Crippen LogP contribution >= 0.6 is 0 Å². The van der Waals surface area contributed by atoms with Crippen LogP contribution in [0.4, 0.5) is 5.69 Å². The Morgan fingerprint density at radius 2 is 1.84 bits per heavy atom. The van der Waals surface area contributed by atoms with Gasteiger partial charge in [0.05, 0.1) is 5.92 Å². The van der Waals surface area contributed by atoms with E-state index in [2.05, 4.69) is 6.92 Å². The molecule has 1 aliphatic heterocycles. The molecule has 1 amide bonds. The number of amides is 1. The van der Waals surface area contributed by atoms with Crippen molar-refractivity contribution in [3.05, 3.63) is 59.2 Å². The Kier molecular flexibility index (Phi) is 4.88. The Balaban J connectivity index is 1.68. The zero-order chi connectivity index (χ0) is 18.0. The van der Waals surface area contributed by atoms with Crippen LogP contribution in [0.1, 0.15) is 30.0 Å². The minimum atomic E-state index is -0.431.